The van der Waals surface area contributed by atoms with Crippen LogP contribution in [0.2, 0.25) is 0 Å². The van der Waals surface area contributed by atoms with Gasteiger partial charge in [-0.25, -0.2) is 0 Å². The minimum absolute atomic E-state index is 0.165. The predicted octanol–water partition coefficient (Wildman–Crippen LogP) is 5.90. The van der Waals surface area contributed by atoms with Gasteiger partial charge in [-0.1, -0.05) is 62.3 Å². The molecule has 4 nitrogen and oxygen atoms in total. The number of rotatable bonds is 11. The fourth-order valence-electron chi connectivity index (χ4n) is 2.84. The molecule has 0 aliphatic carbocycles. The Bertz CT molecular complexity index is 360. The molecular formula is C18H37O4P. The van der Waals surface area contributed by atoms with Crippen LogP contribution in [0.15, 0.2) is 0 Å². The van der Waals surface area contributed by atoms with Crippen molar-refractivity contribution in [2.75, 3.05) is 0 Å². The van der Waals surface area contributed by atoms with E-state index in [-0.39, 0.29) is 42.3 Å². The molecule has 0 saturated carbocycles. The maximum absolute atomic E-state index is 13.3. The SMILES string of the molecule is CCCC(=O)P(=O)(OC(C(C)C)C(C)C)OC(C(C)C)C(C)C. The van der Waals surface area contributed by atoms with Crippen molar-refractivity contribution >= 4 is 13.1 Å². The lowest BCUT2D eigenvalue weighted by Crippen LogP contribution is -2.31. The van der Waals surface area contributed by atoms with E-state index in [0.29, 0.717) is 6.42 Å². The molecular weight excluding hydrogens is 311 g/mol. The van der Waals surface area contributed by atoms with Gasteiger partial charge in [0, 0.05) is 6.42 Å². The highest BCUT2D eigenvalue weighted by molar-refractivity contribution is 7.71. The Kier molecular flexibility index (Phi) is 9.88. The third-order valence-electron chi connectivity index (χ3n) is 3.92. The number of hydrogen-bond acceptors (Lipinski definition) is 4. The van der Waals surface area contributed by atoms with Crippen LogP contribution in [0.1, 0.15) is 75.2 Å². The van der Waals surface area contributed by atoms with Crippen LogP contribution in [-0.2, 0) is 18.4 Å². The van der Waals surface area contributed by atoms with Crippen molar-refractivity contribution in [2.24, 2.45) is 23.7 Å². The van der Waals surface area contributed by atoms with Crippen LogP contribution < -0.4 is 0 Å². The van der Waals surface area contributed by atoms with Gasteiger partial charge in [-0.2, -0.15) is 0 Å². The Labute approximate surface area is 143 Å². The van der Waals surface area contributed by atoms with Crippen LogP contribution in [0, 0.1) is 23.7 Å². The van der Waals surface area contributed by atoms with Gasteiger partial charge in [-0.15, -0.1) is 0 Å². The molecule has 0 radical (unpaired) electrons. The van der Waals surface area contributed by atoms with Crippen molar-refractivity contribution in [3.05, 3.63) is 0 Å². The molecule has 0 aromatic carbocycles. The summed E-state index contributed by atoms with van der Waals surface area (Å²) in [5.41, 5.74) is -0.391. The van der Waals surface area contributed by atoms with E-state index in [1.165, 1.54) is 0 Å². The van der Waals surface area contributed by atoms with Gasteiger partial charge in [0.05, 0.1) is 12.2 Å². The molecule has 23 heavy (non-hydrogen) atoms. The Balaban J connectivity index is 5.56. The minimum Gasteiger partial charge on any atom is -0.299 e. The maximum Gasteiger partial charge on any atom is 0.397 e. The molecule has 0 atom stereocenters. The zero-order chi connectivity index (χ0) is 18.4. The molecule has 0 saturated heterocycles. The van der Waals surface area contributed by atoms with E-state index in [1.54, 1.807) is 0 Å². The zero-order valence-electron chi connectivity index (χ0n) is 16.5. The molecule has 5 heteroatoms. The van der Waals surface area contributed by atoms with Crippen molar-refractivity contribution in [3.63, 3.8) is 0 Å². The molecule has 0 N–H and O–H groups in total. The van der Waals surface area contributed by atoms with Crippen LogP contribution in [0.5, 0.6) is 0 Å². The van der Waals surface area contributed by atoms with Crippen LogP contribution >= 0.6 is 7.60 Å². The first-order valence-electron chi connectivity index (χ1n) is 8.96. The van der Waals surface area contributed by atoms with Crippen molar-refractivity contribution in [3.8, 4) is 0 Å². The summed E-state index contributed by atoms with van der Waals surface area (Å²) >= 11 is 0. The largest absolute Gasteiger partial charge is 0.397 e. The van der Waals surface area contributed by atoms with Crippen LogP contribution in [0.3, 0.4) is 0 Å². The molecule has 0 aliphatic rings. The second-order valence-electron chi connectivity index (χ2n) is 7.76. The fourth-order valence-corrected chi connectivity index (χ4v) is 5.24. The molecule has 0 fully saturated rings. The molecule has 0 aliphatic heterocycles. The van der Waals surface area contributed by atoms with Gasteiger partial charge < -0.3 is 0 Å². The second kappa shape index (κ2) is 9.96. The molecule has 0 bridgehead atoms. The standard InChI is InChI=1S/C18H37O4P/c1-10-11-16(19)23(20,21-17(12(2)3)13(4)5)22-18(14(6)7)15(8)9/h12-15,17-18H,10-11H2,1-9H3. The van der Waals surface area contributed by atoms with Gasteiger partial charge in [0.15, 0.2) is 0 Å². The monoisotopic (exact) mass is 348 g/mol. The van der Waals surface area contributed by atoms with E-state index in [9.17, 15) is 9.36 Å². The van der Waals surface area contributed by atoms with Crippen molar-refractivity contribution in [1.82, 2.24) is 0 Å². The summed E-state index contributed by atoms with van der Waals surface area (Å²) in [5.74, 6) is 0.659. The Morgan fingerprint density at radius 1 is 0.783 bits per heavy atom. The Hall–Kier alpha value is -0.180. The molecule has 138 valence electrons. The lowest BCUT2D eigenvalue weighted by Gasteiger charge is -2.33. The molecule has 0 aromatic rings. The quantitative estimate of drug-likeness (QED) is 0.436. The summed E-state index contributed by atoms with van der Waals surface area (Å²) in [4.78, 5) is 12.5. The van der Waals surface area contributed by atoms with Crippen molar-refractivity contribution in [1.29, 1.82) is 0 Å². The number of carbonyl (C=O) groups excluding carboxylic acids is 1. The topological polar surface area (TPSA) is 52.6 Å². The summed E-state index contributed by atoms with van der Waals surface area (Å²) in [6.45, 7) is 18.0. The molecule has 0 rings (SSSR count). The summed E-state index contributed by atoms with van der Waals surface area (Å²) in [6.07, 6.45) is 0.337. The summed E-state index contributed by atoms with van der Waals surface area (Å²) in [6, 6.07) is 0. The molecule has 0 spiro atoms. The highest BCUT2D eigenvalue weighted by Crippen LogP contribution is 2.55. The summed E-state index contributed by atoms with van der Waals surface area (Å²) in [7, 11) is -3.79. The van der Waals surface area contributed by atoms with E-state index in [4.69, 9.17) is 9.05 Å². The Morgan fingerprint density at radius 2 is 1.09 bits per heavy atom. The van der Waals surface area contributed by atoms with Crippen molar-refractivity contribution in [2.45, 2.75) is 87.4 Å². The first-order chi connectivity index (χ1) is 10.5. The van der Waals surface area contributed by atoms with Gasteiger partial charge >= 0.3 is 7.60 Å². The Morgan fingerprint density at radius 3 is 1.30 bits per heavy atom. The summed E-state index contributed by atoms with van der Waals surface area (Å²) < 4.78 is 25.1. The van der Waals surface area contributed by atoms with Crippen LogP contribution in [0.25, 0.3) is 0 Å². The lowest BCUT2D eigenvalue weighted by atomic mass is 9.97. The minimum atomic E-state index is -3.79. The highest BCUT2D eigenvalue weighted by Gasteiger charge is 2.41. The van der Waals surface area contributed by atoms with Gasteiger partial charge in [0.25, 0.3) is 0 Å². The highest BCUT2D eigenvalue weighted by atomic mass is 31.2. The maximum atomic E-state index is 13.3. The number of carbonyl (C=O) groups is 1. The van der Waals surface area contributed by atoms with Gasteiger partial charge in [0.1, 0.15) is 0 Å². The van der Waals surface area contributed by atoms with E-state index < -0.39 is 13.1 Å². The molecule has 0 heterocycles. The normalized spacial score (nSPS) is 13.3. The number of hydrogen-bond donors (Lipinski definition) is 0. The fraction of sp³-hybridized carbons (Fsp3) is 0.944. The van der Waals surface area contributed by atoms with Crippen LogP contribution in [-0.4, -0.2) is 17.7 Å². The smallest absolute Gasteiger partial charge is 0.299 e. The zero-order valence-corrected chi connectivity index (χ0v) is 17.4. The van der Waals surface area contributed by atoms with Crippen molar-refractivity contribution < 1.29 is 18.4 Å². The van der Waals surface area contributed by atoms with E-state index in [1.807, 2.05) is 62.3 Å². The van der Waals surface area contributed by atoms with E-state index in [0.717, 1.165) is 0 Å². The molecule has 0 amide bonds. The third kappa shape index (κ3) is 7.07. The third-order valence-corrected chi connectivity index (χ3v) is 5.80. The summed E-state index contributed by atoms with van der Waals surface area (Å²) in [5, 5.41) is 0. The van der Waals surface area contributed by atoms with Gasteiger partial charge in [-0.05, 0) is 30.1 Å². The first-order valence-corrected chi connectivity index (χ1v) is 10.5. The van der Waals surface area contributed by atoms with E-state index >= 15 is 0 Å². The predicted molar refractivity (Wildman–Crippen MR) is 96.6 cm³/mol. The van der Waals surface area contributed by atoms with Gasteiger partial charge in [0.2, 0.25) is 5.52 Å². The first kappa shape index (κ1) is 22.8. The average Bonchev–Trinajstić information content (AvgIpc) is 2.41. The molecule has 0 aromatic heterocycles. The van der Waals surface area contributed by atoms with Crippen LogP contribution in [0.4, 0.5) is 0 Å². The average molecular weight is 348 g/mol. The van der Waals surface area contributed by atoms with Gasteiger partial charge in [-0.3, -0.25) is 18.4 Å². The molecule has 0 unspecified atom stereocenters. The van der Waals surface area contributed by atoms with E-state index in [2.05, 4.69) is 0 Å². The lowest BCUT2D eigenvalue weighted by molar-refractivity contribution is -0.115. The second-order valence-corrected chi connectivity index (χ2v) is 9.67.